The standard InChI is InChI=1S/2C18H27ClN5O8PS.C17H25ClN5O8PS/c1-34(29,30)9-14(33(26,27)28)31-8-11-6-13(25)17(32-11)24-16-12(7-20-24)15(22-18(19)23-16)21-10-4-2-3-5-10;1-2-34(29,30)18(33(26,27)28)31-9-11-7-13(25)16(32-11)24-15-12(8-20-24)14(22-17(19)23-15)21-10-5-3-4-6-10;1-33(28,29)17(32(25,26)27)30-8-10-6-12(24)15(31-10)23-14-11(7-19-23)13(21-16(18)22-14)20-9-4-2-3-5-9/h7,10-11,13-14,17,25H,2-6,8-9H2,1H3,(H,21,22,23)(H2,26,27,28);8,10-11,13,16,18,25H,2-7,9H2,1H3,(H,21,22,23)(H2,26,27,28);7,9-10,12,15,17,24H,2-6,8H2,1H3,(H,20,21,22)(H2,25,26,27)/t11-,13+,14?,17+;11-,13+,16+,18?;10-,12+,15+,17?/m000/s1. The molecule has 0 aromatic carbocycles. The number of fused-ring (bicyclic) bond motifs is 3. The number of hydrogen-bond acceptors (Lipinski definition) is 30. The molecule has 39 nitrogen and oxygen atoms in total. The number of anilines is 3. The van der Waals surface area contributed by atoms with Crippen LogP contribution in [0, 0.1) is 0 Å². The lowest BCUT2D eigenvalue weighted by molar-refractivity contribution is -0.0688. The number of sulfone groups is 3. The van der Waals surface area contributed by atoms with E-state index in [2.05, 4.69) is 61.2 Å². The first-order valence-corrected chi connectivity index (χ1v) is 43.8. The SMILES string of the molecule is CCS(=O)(=O)C(OC[C@@H]1C[C@@H](O)[C@H](n2ncc3c(NC4CCCC4)nc(Cl)nc32)O1)P(=O)(O)O.CS(=O)(=O)C(OC[C@@H]1C[C@@H](O)[C@H](n2ncc3c(NC4CCCC4)nc(Cl)nc32)O1)P(=O)(O)O.CS(=O)(=O)CC(OC[C@@H]1C[C@@H](O)[C@H](n2ncc3c(NC4CCCC4)nc(Cl)nc32)O1)P(=O)(O)O. The third-order valence-electron chi connectivity index (χ3n) is 17.4. The van der Waals surface area contributed by atoms with Crippen LogP contribution in [0.4, 0.5) is 17.5 Å². The van der Waals surface area contributed by atoms with Gasteiger partial charge in [0.1, 0.15) is 35.8 Å². The Morgan fingerprint density at radius 1 is 0.505 bits per heavy atom. The van der Waals surface area contributed by atoms with Crippen molar-refractivity contribution in [3.05, 3.63) is 34.4 Å². The average Bonchev–Trinajstić information content (AvgIpc) is 1.66. The van der Waals surface area contributed by atoms with Crippen molar-refractivity contribution in [2.45, 2.75) is 193 Å². The number of nitrogens with zero attached hydrogens (tertiary/aromatic N) is 12. The van der Waals surface area contributed by atoms with Gasteiger partial charge in [-0.3, -0.25) is 13.7 Å². The van der Waals surface area contributed by atoms with Crippen LogP contribution in [0.25, 0.3) is 33.1 Å². The van der Waals surface area contributed by atoms with E-state index in [0.717, 1.165) is 83.3 Å². The van der Waals surface area contributed by atoms with E-state index in [1.165, 1.54) is 27.2 Å². The normalized spacial score (nSPS) is 25.4. The molecule has 0 bridgehead atoms. The molecule has 0 spiro atoms. The fraction of sp³-hybridized carbons (Fsp3) is 0.717. The Bertz CT molecular complexity index is 4410. The van der Waals surface area contributed by atoms with Crippen molar-refractivity contribution in [1.29, 1.82) is 0 Å². The zero-order valence-electron chi connectivity index (χ0n) is 54.2. The van der Waals surface area contributed by atoms with Gasteiger partial charge in [-0.25, -0.2) is 39.3 Å². The summed E-state index contributed by atoms with van der Waals surface area (Å²) in [6.07, 6.45) is 10.7. The summed E-state index contributed by atoms with van der Waals surface area (Å²) in [4.78, 5) is 81.8. The van der Waals surface area contributed by atoms with E-state index in [0.29, 0.717) is 56.8 Å². The molecule has 564 valence electrons. The van der Waals surface area contributed by atoms with Crippen molar-refractivity contribution >= 4 is 138 Å². The molecule has 6 aliphatic rings. The first kappa shape index (κ1) is 79.4. The second-order valence-corrected chi connectivity index (χ2v) is 38.8. The Balaban J connectivity index is 0.000000163. The van der Waals surface area contributed by atoms with Gasteiger partial charge >= 0.3 is 22.8 Å². The highest BCUT2D eigenvalue weighted by Gasteiger charge is 2.46. The molecule has 6 fully saturated rings. The molecular formula is C53H79Cl3N15O24P3S3. The number of aliphatic hydroxyl groups is 3. The molecule has 6 aromatic heterocycles. The monoisotopic (exact) mass is 1600 g/mol. The van der Waals surface area contributed by atoms with Crippen LogP contribution in [-0.2, 0) is 71.6 Å². The van der Waals surface area contributed by atoms with Gasteiger partial charge in [-0.1, -0.05) is 45.4 Å². The van der Waals surface area contributed by atoms with Crippen LogP contribution in [0.3, 0.4) is 0 Å². The topological polar surface area (TPSA) is 558 Å². The number of aromatic nitrogens is 12. The molecule has 3 saturated heterocycles. The summed E-state index contributed by atoms with van der Waals surface area (Å²) in [6, 6.07) is 0.823. The van der Waals surface area contributed by atoms with Crippen LogP contribution in [0.15, 0.2) is 18.6 Å². The zero-order valence-corrected chi connectivity index (χ0v) is 61.7. The van der Waals surface area contributed by atoms with Gasteiger partial charge in [0.2, 0.25) is 15.9 Å². The van der Waals surface area contributed by atoms with E-state index in [4.69, 9.17) is 63.2 Å². The van der Waals surface area contributed by atoms with Crippen molar-refractivity contribution in [2.24, 2.45) is 0 Å². The molecule has 9 heterocycles. The Hall–Kier alpha value is -4.14. The maximum atomic E-state index is 12.0. The highest BCUT2D eigenvalue weighted by atomic mass is 35.5. The lowest BCUT2D eigenvalue weighted by atomic mass is 10.2. The van der Waals surface area contributed by atoms with Crippen LogP contribution in [0.5, 0.6) is 0 Å². The summed E-state index contributed by atoms with van der Waals surface area (Å²) in [6.45, 7) is 0.0208. The van der Waals surface area contributed by atoms with Crippen LogP contribution in [0.1, 0.15) is 122 Å². The van der Waals surface area contributed by atoms with E-state index >= 15 is 0 Å². The molecule has 0 amide bonds. The van der Waals surface area contributed by atoms with E-state index < -0.39 is 149 Å². The highest BCUT2D eigenvalue weighted by Crippen LogP contribution is 2.48. The van der Waals surface area contributed by atoms with E-state index in [9.17, 15) is 83.6 Å². The van der Waals surface area contributed by atoms with Crippen molar-refractivity contribution in [3.63, 3.8) is 0 Å². The maximum absolute atomic E-state index is 12.0. The van der Waals surface area contributed by atoms with Gasteiger partial charge in [-0.15, -0.1) is 0 Å². The summed E-state index contributed by atoms with van der Waals surface area (Å²) in [5.41, 5.74) is 1.04. The van der Waals surface area contributed by atoms with Crippen LogP contribution >= 0.6 is 57.6 Å². The third kappa shape index (κ3) is 20.1. The second kappa shape index (κ2) is 32.5. The summed E-state index contributed by atoms with van der Waals surface area (Å²) in [7, 11) is -27.1. The lowest BCUT2D eigenvalue weighted by Crippen LogP contribution is -2.30. The van der Waals surface area contributed by atoms with Gasteiger partial charge in [0.25, 0.3) is 10.4 Å². The smallest absolute Gasteiger partial charge is 0.369 e. The Kier molecular flexibility index (Phi) is 25.6. The largest absolute Gasteiger partial charge is 0.388 e. The minimum atomic E-state index is -5.09. The molecule has 3 aliphatic carbocycles. The fourth-order valence-electron chi connectivity index (χ4n) is 12.7. The molecule has 3 aliphatic heterocycles. The summed E-state index contributed by atoms with van der Waals surface area (Å²) in [5, 5.41) is 51.9. The number of aliphatic hydroxyl groups excluding tert-OH is 3. The minimum absolute atomic E-state index is 0.00336. The lowest BCUT2D eigenvalue weighted by Gasteiger charge is -2.21. The molecule has 0 radical (unpaired) electrons. The van der Waals surface area contributed by atoms with Gasteiger partial charge in [-0.2, -0.15) is 45.2 Å². The first-order valence-electron chi connectivity index (χ1n) is 31.9. The van der Waals surface area contributed by atoms with Crippen LogP contribution in [-0.4, -0.2) is 244 Å². The van der Waals surface area contributed by atoms with Crippen molar-refractivity contribution in [1.82, 2.24) is 59.2 Å². The Morgan fingerprint density at radius 3 is 1.09 bits per heavy atom. The molecule has 12 rings (SSSR count). The second-order valence-electron chi connectivity index (χ2n) is 25.4. The molecule has 12 N–H and O–H groups in total. The molecule has 3 unspecified atom stereocenters. The number of nitrogens with one attached hydrogen (secondary N) is 3. The quantitative estimate of drug-likeness (QED) is 0.0273. The van der Waals surface area contributed by atoms with Crippen LogP contribution < -0.4 is 16.0 Å². The highest BCUT2D eigenvalue weighted by molar-refractivity contribution is 7.98. The van der Waals surface area contributed by atoms with E-state index in [-0.39, 0.29) is 59.8 Å². The summed E-state index contributed by atoms with van der Waals surface area (Å²) < 4.78 is 142. The van der Waals surface area contributed by atoms with Crippen molar-refractivity contribution in [3.8, 4) is 0 Å². The van der Waals surface area contributed by atoms with Gasteiger partial charge < -0.3 is 89.1 Å². The number of ether oxygens (including phenoxy) is 6. The summed E-state index contributed by atoms with van der Waals surface area (Å²) >= 11 is 18.4. The predicted octanol–water partition coefficient (Wildman–Crippen LogP) is 3.45. The number of halogens is 3. The maximum Gasteiger partial charge on any atom is 0.369 e. The molecule has 3 saturated carbocycles. The average molecular weight is 1610 g/mol. The predicted molar refractivity (Wildman–Crippen MR) is 362 cm³/mol. The molecule has 48 heteroatoms. The van der Waals surface area contributed by atoms with Gasteiger partial charge in [0.15, 0.2) is 71.0 Å². The fourth-order valence-corrected chi connectivity index (χ4v) is 21.2. The summed E-state index contributed by atoms with van der Waals surface area (Å²) in [5.74, 6) is -1.56. The van der Waals surface area contributed by atoms with Gasteiger partial charge in [0.05, 0.1) is 84.4 Å². The van der Waals surface area contributed by atoms with E-state index in [1.807, 2.05) is 0 Å². The van der Waals surface area contributed by atoms with Crippen LogP contribution in [0.2, 0.25) is 15.9 Å². The number of hydrogen-bond donors (Lipinski definition) is 12. The first-order chi connectivity index (χ1) is 47.3. The zero-order chi connectivity index (χ0) is 73.3. The van der Waals surface area contributed by atoms with Gasteiger partial charge in [0, 0.05) is 49.9 Å². The molecule has 101 heavy (non-hydrogen) atoms. The minimum Gasteiger partial charge on any atom is -0.388 e. The van der Waals surface area contributed by atoms with E-state index in [1.54, 1.807) is 12.4 Å². The number of rotatable bonds is 26. The molecule has 6 aromatic rings. The molecule has 12 atom stereocenters. The third-order valence-corrected chi connectivity index (χ3v) is 27.7. The Morgan fingerprint density at radius 2 is 0.812 bits per heavy atom. The Labute approximate surface area is 592 Å². The van der Waals surface area contributed by atoms with Crippen molar-refractivity contribution in [2.75, 3.05) is 59.8 Å². The molecular weight excluding hydrogens is 1530 g/mol. The van der Waals surface area contributed by atoms with Crippen molar-refractivity contribution < 1.29 is 112 Å². The van der Waals surface area contributed by atoms with Gasteiger partial charge in [-0.05, 0) is 73.3 Å².